The van der Waals surface area contributed by atoms with Gasteiger partial charge in [-0.3, -0.25) is 14.4 Å². The Morgan fingerprint density at radius 3 is 2.43 bits per heavy atom. The molecule has 0 spiro atoms. The summed E-state index contributed by atoms with van der Waals surface area (Å²) in [6.07, 6.45) is 0.685. The number of benzene rings is 1. The minimum Gasteiger partial charge on any atom is -0.481 e. The summed E-state index contributed by atoms with van der Waals surface area (Å²) in [7, 11) is 0. The van der Waals surface area contributed by atoms with Gasteiger partial charge in [0.15, 0.2) is 0 Å². The van der Waals surface area contributed by atoms with Gasteiger partial charge in [-0.15, -0.1) is 0 Å². The highest BCUT2D eigenvalue weighted by molar-refractivity contribution is 6.00. The van der Waals surface area contributed by atoms with E-state index in [2.05, 4.69) is 0 Å². The van der Waals surface area contributed by atoms with Crippen molar-refractivity contribution in [3.8, 4) is 0 Å². The van der Waals surface area contributed by atoms with Gasteiger partial charge in [-0.05, 0) is 25.5 Å². The average Bonchev–Trinajstić information content (AvgIpc) is 3.14. The number of aryl methyl sites for hydroxylation is 1. The molecule has 2 fully saturated rings. The van der Waals surface area contributed by atoms with Gasteiger partial charge >= 0.3 is 5.97 Å². The van der Waals surface area contributed by atoms with Crippen LogP contribution >= 0.6 is 0 Å². The number of hydrogen-bond donors (Lipinski definition) is 1. The van der Waals surface area contributed by atoms with Crippen molar-refractivity contribution in [3.05, 3.63) is 29.8 Å². The highest BCUT2D eigenvalue weighted by Gasteiger charge is 2.40. The molecular formula is C17H20N2O4. The van der Waals surface area contributed by atoms with Gasteiger partial charge in [0.2, 0.25) is 11.8 Å². The summed E-state index contributed by atoms with van der Waals surface area (Å²) >= 11 is 0. The van der Waals surface area contributed by atoms with E-state index in [0.29, 0.717) is 19.5 Å². The summed E-state index contributed by atoms with van der Waals surface area (Å²) in [6.45, 7) is 3.07. The van der Waals surface area contributed by atoms with Gasteiger partial charge in [-0.2, -0.15) is 0 Å². The summed E-state index contributed by atoms with van der Waals surface area (Å²) in [6, 6.07) is 7.65. The number of nitrogens with zero attached hydrogens (tertiary/aromatic N) is 2. The predicted octanol–water partition coefficient (Wildman–Crippen LogP) is 1.28. The summed E-state index contributed by atoms with van der Waals surface area (Å²) in [5, 5.41) is 9.03. The maximum absolute atomic E-state index is 12.5. The Balaban J connectivity index is 1.66. The van der Waals surface area contributed by atoms with Crippen LogP contribution < -0.4 is 4.90 Å². The SMILES string of the molecule is Cc1ccc(N2C[C@H](C(=O)N3CC[C@@H](C(=O)O)C3)CC2=O)cc1. The van der Waals surface area contributed by atoms with Crippen LogP contribution in [0.3, 0.4) is 0 Å². The number of carbonyl (C=O) groups is 3. The Morgan fingerprint density at radius 1 is 1.13 bits per heavy atom. The Bertz CT molecular complexity index is 640. The molecule has 2 aliphatic heterocycles. The lowest BCUT2D eigenvalue weighted by Gasteiger charge is -2.21. The monoisotopic (exact) mass is 316 g/mol. The smallest absolute Gasteiger partial charge is 0.308 e. The molecule has 23 heavy (non-hydrogen) atoms. The third kappa shape index (κ3) is 3.06. The van der Waals surface area contributed by atoms with Crippen LogP contribution in [0, 0.1) is 18.8 Å². The third-order valence-electron chi connectivity index (χ3n) is 4.67. The molecule has 2 atom stereocenters. The number of carbonyl (C=O) groups excluding carboxylic acids is 2. The number of hydrogen-bond acceptors (Lipinski definition) is 3. The number of rotatable bonds is 3. The van der Waals surface area contributed by atoms with Crippen molar-refractivity contribution in [2.75, 3.05) is 24.5 Å². The van der Waals surface area contributed by atoms with Gasteiger partial charge in [0, 0.05) is 31.7 Å². The Kier molecular flexibility index (Phi) is 4.07. The molecule has 0 saturated carbocycles. The number of carboxylic acids is 1. The van der Waals surface area contributed by atoms with E-state index in [9.17, 15) is 14.4 Å². The summed E-state index contributed by atoms with van der Waals surface area (Å²) in [5.41, 5.74) is 1.92. The lowest BCUT2D eigenvalue weighted by Crippen LogP contribution is -2.36. The normalized spacial score (nSPS) is 24.3. The van der Waals surface area contributed by atoms with Gasteiger partial charge in [-0.25, -0.2) is 0 Å². The number of carboxylic acid groups (broad SMARTS) is 1. The van der Waals surface area contributed by atoms with E-state index in [4.69, 9.17) is 5.11 Å². The van der Waals surface area contributed by atoms with Crippen LogP contribution in [0.5, 0.6) is 0 Å². The zero-order valence-electron chi connectivity index (χ0n) is 13.1. The molecule has 0 aromatic heterocycles. The van der Waals surface area contributed by atoms with Crippen molar-refractivity contribution in [2.45, 2.75) is 19.8 Å². The topological polar surface area (TPSA) is 77.9 Å². The maximum atomic E-state index is 12.5. The van der Waals surface area contributed by atoms with E-state index in [1.807, 2.05) is 31.2 Å². The van der Waals surface area contributed by atoms with Crippen LogP contribution in [-0.4, -0.2) is 47.4 Å². The van der Waals surface area contributed by atoms with Gasteiger partial charge < -0.3 is 14.9 Å². The largest absolute Gasteiger partial charge is 0.481 e. The van der Waals surface area contributed by atoms with Gasteiger partial charge in [0.05, 0.1) is 11.8 Å². The lowest BCUT2D eigenvalue weighted by atomic mass is 10.1. The highest BCUT2D eigenvalue weighted by Crippen LogP contribution is 2.28. The van der Waals surface area contributed by atoms with Crippen molar-refractivity contribution < 1.29 is 19.5 Å². The van der Waals surface area contributed by atoms with Gasteiger partial charge in [0.1, 0.15) is 0 Å². The van der Waals surface area contributed by atoms with Crippen molar-refractivity contribution in [1.82, 2.24) is 4.90 Å². The fraction of sp³-hybridized carbons (Fsp3) is 0.471. The van der Waals surface area contributed by atoms with Crippen LogP contribution in [0.1, 0.15) is 18.4 Å². The van der Waals surface area contributed by atoms with Crippen molar-refractivity contribution in [2.24, 2.45) is 11.8 Å². The molecule has 0 bridgehead atoms. The fourth-order valence-electron chi connectivity index (χ4n) is 3.27. The molecule has 1 N–H and O–H groups in total. The first-order valence-electron chi connectivity index (χ1n) is 7.84. The van der Waals surface area contributed by atoms with Crippen LogP contribution in [-0.2, 0) is 14.4 Å². The van der Waals surface area contributed by atoms with E-state index in [1.54, 1.807) is 9.80 Å². The zero-order chi connectivity index (χ0) is 16.6. The Morgan fingerprint density at radius 2 is 1.83 bits per heavy atom. The zero-order valence-corrected chi connectivity index (χ0v) is 13.1. The van der Waals surface area contributed by atoms with Crippen LogP contribution in [0.25, 0.3) is 0 Å². The predicted molar refractivity (Wildman–Crippen MR) is 84.0 cm³/mol. The number of anilines is 1. The molecule has 0 unspecified atom stereocenters. The minimum absolute atomic E-state index is 0.0545. The van der Waals surface area contributed by atoms with Crippen LogP contribution in [0.15, 0.2) is 24.3 Å². The molecule has 2 heterocycles. The second kappa shape index (κ2) is 6.02. The quantitative estimate of drug-likeness (QED) is 0.911. The second-order valence-corrected chi connectivity index (χ2v) is 6.35. The average molecular weight is 316 g/mol. The summed E-state index contributed by atoms with van der Waals surface area (Å²) in [4.78, 5) is 39.0. The van der Waals surface area contributed by atoms with E-state index in [0.717, 1.165) is 11.3 Å². The molecule has 122 valence electrons. The van der Waals surface area contributed by atoms with Gasteiger partial charge in [0.25, 0.3) is 0 Å². The lowest BCUT2D eigenvalue weighted by molar-refractivity contribution is -0.141. The summed E-state index contributed by atoms with van der Waals surface area (Å²) < 4.78 is 0. The molecule has 6 heteroatoms. The standard InChI is InChI=1S/C17H20N2O4/c1-11-2-4-14(5-3-11)19-10-13(8-15(19)20)16(21)18-7-6-12(9-18)17(22)23/h2-5,12-13H,6-10H2,1H3,(H,22,23)/t12-,13-/m1/s1. The molecule has 2 saturated heterocycles. The molecule has 1 aromatic rings. The molecule has 0 aliphatic carbocycles. The van der Waals surface area contributed by atoms with Crippen molar-refractivity contribution in [3.63, 3.8) is 0 Å². The van der Waals surface area contributed by atoms with E-state index in [1.165, 1.54) is 0 Å². The van der Waals surface area contributed by atoms with Crippen LogP contribution in [0.4, 0.5) is 5.69 Å². The first-order valence-corrected chi connectivity index (χ1v) is 7.84. The number of amides is 2. The third-order valence-corrected chi connectivity index (χ3v) is 4.67. The number of likely N-dealkylation sites (tertiary alicyclic amines) is 1. The van der Waals surface area contributed by atoms with Gasteiger partial charge in [-0.1, -0.05) is 17.7 Å². The fourth-order valence-corrected chi connectivity index (χ4v) is 3.27. The molecule has 2 aliphatic rings. The maximum Gasteiger partial charge on any atom is 0.308 e. The van der Waals surface area contributed by atoms with Crippen molar-refractivity contribution in [1.29, 1.82) is 0 Å². The molecule has 1 aromatic carbocycles. The first-order chi connectivity index (χ1) is 11.0. The molecule has 0 radical (unpaired) electrons. The van der Waals surface area contributed by atoms with E-state index >= 15 is 0 Å². The van der Waals surface area contributed by atoms with E-state index in [-0.39, 0.29) is 30.7 Å². The Labute approximate surface area is 134 Å². The minimum atomic E-state index is -0.857. The molecule has 3 rings (SSSR count). The molecule has 6 nitrogen and oxygen atoms in total. The first kappa shape index (κ1) is 15.5. The highest BCUT2D eigenvalue weighted by atomic mass is 16.4. The molecule has 2 amide bonds. The Hall–Kier alpha value is -2.37. The second-order valence-electron chi connectivity index (χ2n) is 6.35. The van der Waals surface area contributed by atoms with Crippen LogP contribution in [0.2, 0.25) is 0 Å². The number of aliphatic carboxylic acids is 1. The van der Waals surface area contributed by atoms with Crippen molar-refractivity contribution >= 4 is 23.5 Å². The molecular weight excluding hydrogens is 296 g/mol. The van der Waals surface area contributed by atoms with E-state index < -0.39 is 11.9 Å². The summed E-state index contributed by atoms with van der Waals surface area (Å²) in [5.74, 6) is -1.87.